The van der Waals surface area contributed by atoms with Gasteiger partial charge in [-0.25, -0.2) is 9.59 Å². The van der Waals surface area contributed by atoms with Crippen molar-refractivity contribution in [2.75, 3.05) is 35.1 Å². The molecule has 6 rings (SSSR count). The van der Waals surface area contributed by atoms with Gasteiger partial charge in [-0.05, 0) is 70.0 Å². The molecule has 0 fully saturated rings. The van der Waals surface area contributed by atoms with Gasteiger partial charge in [0.05, 0.1) is 32.7 Å². The minimum absolute atomic E-state index is 0.0188. The number of anilines is 4. The van der Waals surface area contributed by atoms with Crippen LogP contribution in [0.3, 0.4) is 0 Å². The molecule has 350 valence electrons. The first-order valence-electron chi connectivity index (χ1n) is 21.1. The number of ether oxygens (including phenoxy) is 3. The number of carbonyl (C=O) groups excluding carboxylic acids is 3. The normalized spacial score (nSPS) is 12.0. The molecule has 0 heterocycles. The molecule has 0 saturated carbocycles. The molecule has 0 aliphatic rings. The van der Waals surface area contributed by atoms with Crippen LogP contribution in [0.1, 0.15) is 58.6 Å². The summed E-state index contributed by atoms with van der Waals surface area (Å²) in [5.74, 6) is -3.23. The number of nitrogens with one attached hydrogen (secondary N) is 1. The first kappa shape index (κ1) is 51.3. The summed E-state index contributed by atoms with van der Waals surface area (Å²) >= 11 is 0. The lowest BCUT2D eigenvalue weighted by atomic mass is 10.0. The van der Waals surface area contributed by atoms with Gasteiger partial charge in [-0.2, -0.15) is 13.2 Å². The fraction of sp³-hybridized carbons (Fsp3) is 0.294. The first-order chi connectivity index (χ1) is 31.2. The molecule has 0 aliphatic carbocycles. The third kappa shape index (κ3) is 15.2. The molecule has 0 aromatic heterocycles. The molecule has 0 radical (unpaired) electrons. The van der Waals surface area contributed by atoms with Crippen LogP contribution in [0.25, 0.3) is 21.5 Å². The minimum atomic E-state index is -5.08. The van der Waals surface area contributed by atoms with Crippen molar-refractivity contribution in [1.29, 1.82) is 0 Å². The summed E-state index contributed by atoms with van der Waals surface area (Å²) in [6.45, 7) is 10.9. The topological polar surface area (TPSA) is 161 Å². The Morgan fingerprint density at radius 1 is 0.606 bits per heavy atom. The smallest absolute Gasteiger partial charge is 0.475 e. The lowest BCUT2D eigenvalue weighted by Gasteiger charge is -2.32. The number of rotatable bonds is 13. The second-order valence-electron chi connectivity index (χ2n) is 16.3. The number of nitrogen functional groups attached to an aromatic ring is 1. The molecule has 15 heteroatoms. The van der Waals surface area contributed by atoms with Crippen molar-refractivity contribution >= 4 is 68.3 Å². The third-order valence-electron chi connectivity index (χ3n) is 10.2. The molecule has 0 unspecified atom stereocenters. The number of nitrogens with zero attached hydrogens (tertiary/aromatic N) is 2. The summed E-state index contributed by atoms with van der Waals surface area (Å²) in [4.78, 5) is 49.7. The second-order valence-corrected chi connectivity index (χ2v) is 16.3. The number of amides is 1. The highest BCUT2D eigenvalue weighted by Gasteiger charge is 2.38. The van der Waals surface area contributed by atoms with E-state index in [0.29, 0.717) is 25.2 Å². The summed E-state index contributed by atoms with van der Waals surface area (Å²) in [6.07, 6.45) is -5.00. The quantitative estimate of drug-likeness (QED) is 0.0575. The SMILES string of the molecule is COC(=O)C[C@H](C)N(Cc1ccccc1)c1ccc(N)c2ccccc12.COC(=O)C[C@H](C)N(Cc1ccccc1)c1ccc(NC(=O)OC(C)(C)C)c2ccccc12.O=C(O)C(F)(F)F. The van der Waals surface area contributed by atoms with Gasteiger partial charge in [0.1, 0.15) is 5.60 Å². The Bertz CT molecular complexity index is 2550. The fourth-order valence-electron chi connectivity index (χ4n) is 7.00. The predicted molar refractivity (Wildman–Crippen MR) is 253 cm³/mol. The van der Waals surface area contributed by atoms with E-state index >= 15 is 0 Å². The number of halogens is 3. The number of carboxylic acid groups (broad SMARTS) is 1. The van der Waals surface area contributed by atoms with E-state index in [1.54, 1.807) is 0 Å². The molecule has 1 amide bonds. The van der Waals surface area contributed by atoms with E-state index in [1.165, 1.54) is 19.8 Å². The third-order valence-corrected chi connectivity index (χ3v) is 10.2. The fourth-order valence-corrected chi connectivity index (χ4v) is 7.00. The number of benzene rings is 6. The van der Waals surface area contributed by atoms with Crippen molar-refractivity contribution in [3.63, 3.8) is 0 Å². The van der Waals surface area contributed by atoms with Gasteiger partial charge in [-0.15, -0.1) is 0 Å². The van der Waals surface area contributed by atoms with Gasteiger partial charge in [-0.1, -0.05) is 109 Å². The number of aliphatic carboxylic acids is 1. The van der Waals surface area contributed by atoms with Gasteiger partial charge in [0, 0.05) is 63.8 Å². The molecule has 12 nitrogen and oxygen atoms in total. The van der Waals surface area contributed by atoms with Crippen LogP contribution in [0.15, 0.2) is 133 Å². The zero-order chi connectivity index (χ0) is 48.6. The minimum Gasteiger partial charge on any atom is -0.475 e. The lowest BCUT2D eigenvalue weighted by molar-refractivity contribution is -0.192. The molecule has 6 aromatic carbocycles. The number of fused-ring (bicyclic) bond motifs is 2. The van der Waals surface area contributed by atoms with E-state index in [9.17, 15) is 27.6 Å². The Hall–Kier alpha value is -7.29. The van der Waals surface area contributed by atoms with Crippen molar-refractivity contribution in [2.45, 2.75) is 84.4 Å². The molecular weight excluding hydrogens is 854 g/mol. The summed E-state index contributed by atoms with van der Waals surface area (Å²) < 4.78 is 47.0. The number of hydrogen-bond donors (Lipinski definition) is 3. The Kier molecular flexibility index (Phi) is 18.3. The number of carbonyl (C=O) groups is 4. The van der Waals surface area contributed by atoms with Gasteiger partial charge in [-0.3, -0.25) is 14.9 Å². The molecule has 2 atom stereocenters. The Balaban J connectivity index is 0.000000257. The van der Waals surface area contributed by atoms with E-state index in [0.717, 1.165) is 44.2 Å². The van der Waals surface area contributed by atoms with Gasteiger partial charge in [0.2, 0.25) is 0 Å². The number of carboxylic acids is 1. The summed E-state index contributed by atoms with van der Waals surface area (Å²) in [5.41, 5.74) is 11.4. The highest BCUT2D eigenvalue weighted by molar-refractivity contribution is 6.06. The zero-order valence-electron chi connectivity index (χ0n) is 38.1. The van der Waals surface area contributed by atoms with Gasteiger partial charge >= 0.3 is 30.2 Å². The molecular formula is C51H57F3N4O8. The average molecular weight is 911 g/mol. The van der Waals surface area contributed by atoms with Crippen LogP contribution >= 0.6 is 0 Å². The molecule has 4 N–H and O–H groups in total. The van der Waals surface area contributed by atoms with Crippen LogP contribution < -0.4 is 20.9 Å². The van der Waals surface area contributed by atoms with Crippen molar-refractivity contribution in [3.8, 4) is 0 Å². The molecule has 0 bridgehead atoms. The summed E-state index contributed by atoms with van der Waals surface area (Å²) in [5, 5.41) is 14.0. The maximum Gasteiger partial charge on any atom is 0.490 e. The summed E-state index contributed by atoms with van der Waals surface area (Å²) in [7, 11) is 2.83. The first-order valence-corrected chi connectivity index (χ1v) is 21.1. The van der Waals surface area contributed by atoms with Crippen LogP contribution in [0.2, 0.25) is 0 Å². The standard InChI is InChI=1S/C27H32N2O4.C22H24N2O2.C2HF3O2/c1-19(17-25(30)32-5)29(18-20-11-7-6-8-12-20)24-16-15-23(21-13-9-10-14-22(21)24)28-26(31)33-27(2,3)4;1-16(14-22(25)26-2)24(15-17-8-4-3-5-9-17)21-13-12-20(23)18-10-6-7-11-19(18)21;3-2(4,5)1(6)7/h6-16,19H,17-18H2,1-5H3,(H,28,31);3-13,16H,14-15,23H2,1-2H3;(H,6,7)/t19-;16-;/m00./s1. The van der Waals surface area contributed by atoms with Crippen LogP contribution in [0.5, 0.6) is 0 Å². The van der Waals surface area contributed by atoms with Crippen LogP contribution in [-0.2, 0) is 41.7 Å². The van der Waals surface area contributed by atoms with Gasteiger partial charge in [0.25, 0.3) is 0 Å². The number of alkyl halides is 3. The van der Waals surface area contributed by atoms with E-state index < -0.39 is 23.8 Å². The van der Waals surface area contributed by atoms with E-state index in [-0.39, 0.29) is 30.4 Å². The number of nitrogens with two attached hydrogens (primary N) is 1. The Labute approximate surface area is 383 Å². The van der Waals surface area contributed by atoms with Crippen molar-refractivity contribution in [3.05, 3.63) is 145 Å². The van der Waals surface area contributed by atoms with Crippen molar-refractivity contribution < 1.29 is 51.7 Å². The highest BCUT2D eigenvalue weighted by atomic mass is 19.4. The monoisotopic (exact) mass is 910 g/mol. The van der Waals surface area contributed by atoms with Crippen LogP contribution in [0, 0.1) is 0 Å². The largest absolute Gasteiger partial charge is 0.490 e. The Morgan fingerprint density at radius 2 is 0.985 bits per heavy atom. The van der Waals surface area contributed by atoms with Gasteiger partial charge < -0.3 is 34.9 Å². The molecule has 6 aromatic rings. The lowest BCUT2D eigenvalue weighted by Crippen LogP contribution is -2.35. The van der Waals surface area contributed by atoms with Crippen LogP contribution in [-0.4, -0.2) is 67.2 Å². The maximum atomic E-state index is 12.4. The zero-order valence-corrected chi connectivity index (χ0v) is 38.1. The van der Waals surface area contributed by atoms with Gasteiger partial charge in [0.15, 0.2) is 0 Å². The van der Waals surface area contributed by atoms with E-state index in [4.69, 9.17) is 29.8 Å². The van der Waals surface area contributed by atoms with Crippen molar-refractivity contribution in [1.82, 2.24) is 0 Å². The second kappa shape index (κ2) is 23.6. The average Bonchev–Trinajstić information content (AvgIpc) is 3.28. The Morgan fingerprint density at radius 3 is 1.39 bits per heavy atom. The highest BCUT2D eigenvalue weighted by Crippen LogP contribution is 2.36. The number of esters is 2. The predicted octanol–water partition coefficient (Wildman–Crippen LogP) is 11.2. The molecule has 0 spiro atoms. The van der Waals surface area contributed by atoms with E-state index in [1.807, 2.05) is 138 Å². The van der Waals surface area contributed by atoms with Crippen LogP contribution in [0.4, 0.5) is 40.7 Å². The summed E-state index contributed by atoms with van der Waals surface area (Å²) in [6, 6.07) is 44.1. The van der Waals surface area contributed by atoms with Crippen molar-refractivity contribution in [2.24, 2.45) is 0 Å². The molecule has 0 aliphatic heterocycles. The maximum absolute atomic E-state index is 12.4. The number of hydrogen-bond acceptors (Lipinski definition) is 10. The molecule has 66 heavy (non-hydrogen) atoms. The van der Waals surface area contributed by atoms with E-state index in [2.05, 4.69) is 45.4 Å². The molecule has 0 saturated heterocycles. The number of methoxy groups -OCH3 is 2.